The first-order valence-electron chi connectivity index (χ1n) is 9.89. The Morgan fingerprint density at radius 2 is 1.93 bits per heavy atom. The van der Waals surface area contributed by atoms with Crippen molar-refractivity contribution in [3.8, 4) is 0 Å². The Hall–Kier alpha value is -2.90. The van der Waals surface area contributed by atoms with Crippen molar-refractivity contribution in [2.75, 3.05) is 0 Å². The first-order chi connectivity index (χ1) is 14.2. The van der Waals surface area contributed by atoms with Crippen molar-refractivity contribution < 1.29 is 22.8 Å². The molecule has 3 N–H and O–H groups in total. The Morgan fingerprint density at radius 3 is 2.60 bits per heavy atom. The largest absolute Gasteiger partial charge is 0.416 e. The van der Waals surface area contributed by atoms with Crippen LogP contribution in [0.3, 0.4) is 0 Å². The maximum atomic E-state index is 12.7. The van der Waals surface area contributed by atoms with Crippen LogP contribution in [0.15, 0.2) is 53.2 Å². The molecule has 0 bridgehead atoms. The number of hydrogen-bond acceptors (Lipinski definition) is 3. The Morgan fingerprint density at radius 1 is 1.20 bits per heavy atom. The minimum absolute atomic E-state index is 0.0498. The molecule has 1 aliphatic heterocycles. The summed E-state index contributed by atoms with van der Waals surface area (Å²) in [6.07, 6.45) is 3.61. The van der Waals surface area contributed by atoms with Gasteiger partial charge in [0.05, 0.1) is 12.0 Å². The fourth-order valence-corrected chi connectivity index (χ4v) is 4.63. The van der Waals surface area contributed by atoms with Crippen LogP contribution >= 0.6 is 0 Å². The van der Waals surface area contributed by atoms with Crippen molar-refractivity contribution in [3.05, 3.63) is 59.3 Å². The second-order valence-corrected chi connectivity index (χ2v) is 8.14. The molecular formula is C22H22F3N3O2. The van der Waals surface area contributed by atoms with E-state index >= 15 is 0 Å². The number of carbonyl (C=O) groups is 2. The average Bonchev–Trinajstić information content (AvgIpc) is 3.05. The number of nitrogens with two attached hydrogens (primary N) is 1. The van der Waals surface area contributed by atoms with Gasteiger partial charge in [-0.3, -0.25) is 14.6 Å². The number of nitrogens with one attached hydrogen (secondary N) is 1. The minimum Gasteiger partial charge on any atom is -0.368 e. The molecule has 2 aliphatic carbocycles. The summed E-state index contributed by atoms with van der Waals surface area (Å²) < 4.78 is 38.1. The SMILES string of the molecule is NC(=O)C1(NC(=O)Cc2ccc(C(F)(F)F)cc2)CCC2=NC3=CC=CCC3C2C1. The predicted octanol–water partition coefficient (Wildman–Crippen LogP) is 3.30. The third-order valence-corrected chi connectivity index (χ3v) is 6.23. The summed E-state index contributed by atoms with van der Waals surface area (Å²) in [7, 11) is 0. The molecule has 8 heteroatoms. The molecule has 30 heavy (non-hydrogen) atoms. The minimum atomic E-state index is -4.43. The molecule has 5 nitrogen and oxygen atoms in total. The molecule has 3 aliphatic rings. The lowest BCUT2D eigenvalue weighted by atomic mass is 9.69. The van der Waals surface area contributed by atoms with Gasteiger partial charge in [0.2, 0.25) is 11.8 Å². The molecule has 1 fully saturated rings. The highest BCUT2D eigenvalue weighted by Gasteiger charge is 2.49. The molecule has 0 radical (unpaired) electrons. The van der Waals surface area contributed by atoms with E-state index in [0.29, 0.717) is 24.8 Å². The van der Waals surface area contributed by atoms with Crippen LogP contribution in [0.5, 0.6) is 0 Å². The number of benzene rings is 1. The first kappa shape index (κ1) is 20.4. The quantitative estimate of drug-likeness (QED) is 0.788. The van der Waals surface area contributed by atoms with Crippen LogP contribution in [0.1, 0.15) is 36.8 Å². The molecule has 3 unspecified atom stereocenters. The van der Waals surface area contributed by atoms with Crippen LogP contribution in [0.2, 0.25) is 0 Å². The standard InChI is InChI=1S/C22H22F3N3O2/c23-22(24,25)14-7-5-13(6-8-14)11-19(29)28-21(20(26)30)10-9-18-16(12-21)15-3-1-2-4-17(15)27-18/h1-2,4-8,15-16H,3,9-12H2,(H2,26,30)(H,28,29). The van der Waals surface area contributed by atoms with Gasteiger partial charge in [-0.2, -0.15) is 13.2 Å². The molecule has 1 heterocycles. The zero-order chi connectivity index (χ0) is 21.5. The van der Waals surface area contributed by atoms with Crippen LogP contribution in [0.25, 0.3) is 0 Å². The molecule has 1 saturated carbocycles. The summed E-state index contributed by atoms with van der Waals surface area (Å²) in [5.41, 5.74) is 6.25. The Bertz CT molecular complexity index is 963. The van der Waals surface area contributed by atoms with E-state index in [-0.39, 0.29) is 18.3 Å². The number of carbonyl (C=O) groups excluding carboxylic acids is 2. The van der Waals surface area contributed by atoms with E-state index in [0.717, 1.165) is 30.0 Å². The zero-order valence-electron chi connectivity index (χ0n) is 16.2. The molecule has 1 aromatic carbocycles. The Balaban J connectivity index is 1.47. The number of primary amides is 1. The average molecular weight is 417 g/mol. The van der Waals surface area contributed by atoms with Crippen LogP contribution < -0.4 is 11.1 Å². The zero-order valence-corrected chi connectivity index (χ0v) is 16.2. The third kappa shape index (κ3) is 3.78. The molecule has 0 spiro atoms. The maximum Gasteiger partial charge on any atom is 0.416 e. The van der Waals surface area contributed by atoms with Gasteiger partial charge in [0, 0.05) is 23.2 Å². The van der Waals surface area contributed by atoms with Crippen molar-refractivity contribution >= 4 is 17.5 Å². The topological polar surface area (TPSA) is 84.5 Å². The van der Waals surface area contributed by atoms with Crippen molar-refractivity contribution in [2.24, 2.45) is 22.6 Å². The molecule has 3 atom stereocenters. The second-order valence-electron chi connectivity index (χ2n) is 8.14. The van der Waals surface area contributed by atoms with Crippen LogP contribution in [-0.4, -0.2) is 23.1 Å². The van der Waals surface area contributed by atoms with Gasteiger partial charge < -0.3 is 11.1 Å². The number of rotatable bonds is 4. The van der Waals surface area contributed by atoms with Gasteiger partial charge in [-0.25, -0.2) is 0 Å². The monoisotopic (exact) mass is 417 g/mol. The lowest BCUT2D eigenvalue weighted by Gasteiger charge is -2.40. The van der Waals surface area contributed by atoms with Gasteiger partial charge in [-0.15, -0.1) is 0 Å². The molecule has 0 saturated heterocycles. The van der Waals surface area contributed by atoms with Crippen LogP contribution in [-0.2, 0) is 22.2 Å². The highest BCUT2D eigenvalue weighted by atomic mass is 19.4. The van der Waals surface area contributed by atoms with Crippen LogP contribution in [0.4, 0.5) is 13.2 Å². The van der Waals surface area contributed by atoms with Crippen molar-refractivity contribution in [2.45, 2.75) is 43.8 Å². The van der Waals surface area contributed by atoms with Gasteiger partial charge >= 0.3 is 6.18 Å². The lowest BCUT2D eigenvalue weighted by Crippen LogP contribution is -2.61. The molecule has 158 valence electrons. The summed E-state index contributed by atoms with van der Waals surface area (Å²) in [5, 5.41) is 2.81. The van der Waals surface area contributed by atoms with Crippen molar-refractivity contribution in [3.63, 3.8) is 0 Å². The number of allylic oxidation sites excluding steroid dienone is 4. The number of hydrogen-bond donors (Lipinski definition) is 2. The van der Waals surface area contributed by atoms with Crippen molar-refractivity contribution in [1.29, 1.82) is 0 Å². The van der Waals surface area contributed by atoms with Gasteiger partial charge in [-0.1, -0.05) is 24.3 Å². The number of halogens is 3. The van der Waals surface area contributed by atoms with Crippen molar-refractivity contribution in [1.82, 2.24) is 5.32 Å². The Kier molecular flexibility index (Phi) is 5.03. The van der Waals surface area contributed by atoms with Gasteiger partial charge in [0.1, 0.15) is 5.54 Å². The van der Waals surface area contributed by atoms with Gasteiger partial charge in [-0.05, 0) is 49.5 Å². The molecule has 1 aromatic rings. The van der Waals surface area contributed by atoms with Crippen LogP contribution in [0, 0.1) is 11.8 Å². The number of fused-ring (bicyclic) bond motifs is 3. The fraction of sp³-hybridized carbons (Fsp3) is 0.409. The van der Waals surface area contributed by atoms with E-state index in [4.69, 9.17) is 10.7 Å². The second kappa shape index (κ2) is 7.41. The number of amides is 2. The smallest absolute Gasteiger partial charge is 0.368 e. The fourth-order valence-electron chi connectivity index (χ4n) is 4.63. The van der Waals surface area contributed by atoms with E-state index in [1.54, 1.807) is 0 Å². The third-order valence-electron chi connectivity index (χ3n) is 6.23. The van der Waals surface area contributed by atoms with E-state index in [2.05, 4.69) is 11.4 Å². The number of aliphatic imine (C=N–C) groups is 1. The molecule has 2 amide bonds. The molecule has 4 rings (SSSR count). The van der Waals surface area contributed by atoms with E-state index in [1.807, 2.05) is 12.2 Å². The normalized spacial score (nSPS) is 27.6. The predicted molar refractivity (Wildman–Crippen MR) is 105 cm³/mol. The highest BCUT2D eigenvalue weighted by molar-refractivity contribution is 5.97. The van der Waals surface area contributed by atoms with Gasteiger partial charge in [0.25, 0.3) is 0 Å². The highest BCUT2D eigenvalue weighted by Crippen LogP contribution is 2.45. The first-order valence-corrected chi connectivity index (χ1v) is 9.89. The van der Waals surface area contributed by atoms with E-state index in [1.165, 1.54) is 12.1 Å². The number of nitrogens with zero attached hydrogens (tertiary/aromatic N) is 1. The molecule has 0 aromatic heterocycles. The summed E-state index contributed by atoms with van der Waals surface area (Å²) in [4.78, 5) is 29.7. The molecular weight excluding hydrogens is 395 g/mol. The Labute approximate surface area is 171 Å². The van der Waals surface area contributed by atoms with E-state index < -0.39 is 29.1 Å². The summed E-state index contributed by atoms with van der Waals surface area (Å²) in [5.74, 6) is -0.790. The maximum absolute atomic E-state index is 12.7. The number of alkyl halides is 3. The summed E-state index contributed by atoms with van der Waals surface area (Å²) in [6.45, 7) is 0. The van der Waals surface area contributed by atoms with E-state index in [9.17, 15) is 22.8 Å². The van der Waals surface area contributed by atoms with Gasteiger partial charge in [0.15, 0.2) is 0 Å². The lowest BCUT2D eigenvalue weighted by molar-refractivity contribution is -0.137. The summed E-state index contributed by atoms with van der Waals surface area (Å²) >= 11 is 0. The summed E-state index contributed by atoms with van der Waals surface area (Å²) in [6, 6.07) is 4.43.